The average Bonchev–Trinajstić information content (AvgIpc) is 3.03. The summed E-state index contributed by atoms with van der Waals surface area (Å²) < 4.78 is 16.6. The van der Waals surface area contributed by atoms with E-state index in [1.165, 1.54) is 16.7 Å². The minimum Gasteiger partial charge on any atom is -0.295 e. The largest absolute Gasteiger partial charge is 0.308 e. The first kappa shape index (κ1) is 16.0. The normalized spacial score (nSPS) is 17.6. The Hall–Kier alpha value is -2.54. The zero-order valence-corrected chi connectivity index (χ0v) is 14.2. The van der Waals surface area contributed by atoms with Crippen LogP contribution in [0.3, 0.4) is 0 Å². The lowest BCUT2D eigenvalue weighted by Gasteiger charge is -2.16. The number of rotatable bonds is 3. The summed E-state index contributed by atoms with van der Waals surface area (Å²) >= 11 is 0.927. The van der Waals surface area contributed by atoms with Gasteiger partial charge in [-0.3, -0.25) is 19.0 Å². The van der Waals surface area contributed by atoms with Crippen molar-refractivity contribution in [2.45, 2.75) is 32.2 Å². The van der Waals surface area contributed by atoms with Gasteiger partial charge >= 0.3 is 4.87 Å². The van der Waals surface area contributed by atoms with Crippen LogP contribution in [0.15, 0.2) is 40.7 Å². The number of allylic oxidation sites excluding steroid dienone is 1. The van der Waals surface area contributed by atoms with E-state index in [0.29, 0.717) is 34.2 Å². The summed E-state index contributed by atoms with van der Waals surface area (Å²) in [6.45, 7) is 3.90. The van der Waals surface area contributed by atoms with Crippen LogP contribution in [-0.2, 0) is 16.1 Å². The number of halogens is 1. The van der Waals surface area contributed by atoms with E-state index < -0.39 is 17.6 Å². The first-order valence-corrected chi connectivity index (χ1v) is 8.89. The Morgan fingerprint density at radius 1 is 1.12 bits per heavy atom. The molecule has 0 bridgehead atoms. The second-order valence-corrected chi connectivity index (χ2v) is 7.14. The van der Waals surface area contributed by atoms with E-state index in [0.717, 1.165) is 29.1 Å². The van der Waals surface area contributed by atoms with Crippen LogP contribution in [0.5, 0.6) is 0 Å². The molecule has 0 N–H and O–H groups in total. The zero-order chi connectivity index (χ0) is 17.7. The number of hydrogen-bond donors (Lipinski definition) is 0. The molecule has 0 radical (unpaired) electrons. The summed E-state index contributed by atoms with van der Waals surface area (Å²) in [4.78, 5) is 38.1. The van der Waals surface area contributed by atoms with Gasteiger partial charge in [-0.2, -0.15) is 0 Å². The summed E-state index contributed by atoms with van der Waals surface area (Å²) in [5.74, 6) is -1.56. The van der Waals surface area contributed by atoms with Crippen LogP contribution in [-0.4, -0.2) is 16.4 Å². The lowest BCUT2D eigenvalue weighted by Crippen LogP contribution is -2.32. The van der Waals surface area contributed by atoms with Crippen LogP contribution in [0.25, 0.3) is 10.2 Å². The van der Waals surface area contributed by atoms with Gasteiger partial charge in [0.1, 0.15) is 5.82 Å². The number of carbonyl (C=O) groups excluding carboxylic acids is 2. The molecular formula is C18H15FN2O3S. The highest BCUT2D eigenvalue weighted by Gasteiger charge is 2.40. The molecule has 0 atom stereocenters. The zero-order valence-electron chi connectivity index (χ0n) is 13.4. The molecule has 0 spiro atoms. The molecule has 5 nitrogen and oxygen atoms in total. The standard InChI is InChI=1S/C18H15FN2O3S/c1-2-7-20-14-9-13(12(19)8-15(14)25-18(20)24)21-16(22)10-5-3-4-6-11(10)17(21)23/h2,8-9H,1,3-7H2. The maximum absolute atomic E-state index is 14.6. The maximum Gasteiger partial charge on any atom is 0.308 e. The highest BCUT2D eigenvalue weighted by molar-refractivity contribution is 7.16. The minimum absolute atomic E-state index is 0.0903. The third-order valence-electron chi connectivity index (χ3n) is 4.68. The van der Waals surface area contributed by atoms with Gasteiger partial charge in [0.05, 0.1) is 15.9 Å². The summed E-state index contributed by atoms with van der Waals surface area (Å²) in [5, 5.41) is 0. The van der Waals surface area contributed by atoms with Gasteiger partial charge in [-0.15, -0.1) is 6.58 Å². The lowest BCUT2D eigenvalue weighted by molar-refractivity contribution is -0.120. The van der Waals surface area contributed by atoms with Crippen LogP contribution in [0.2, 0.25) is 0 Å². The van der Waals surface area contributed by atoms with Crippen molar-refractivity contribution in [2.24, 2.45) is 0 Å². The Balaban J connectivity index is 1.87. The Morgan fingerprint density at radius 3 is 2.36 bits per heavy atom. The molecule has 128 valence electrons. The van der Waals surface area contributed by atoms with Gasteiger partial charge in [-0.1, -0.05) is 17.4 Å². The molecule has 0 fully saturated rings. The number of imide groups is 1. The number of anilines is 1. The molecule has 1 aromatic heterocycles. The van der Waals surface area contributed by atoms with Crippen molar-refractivity contribution < 1.29 is 14.0 Å². The van der Waals surface area contributed by atoms with E-state index in [1.54, 1.807) is 6.08 Å². The van der Waals surface area contributed by atoms with Crippen molar-refractivity contribution >= 4 is 39.1 Å². The summed E-state index contributed by atoms with van der Waals surface area (Å²) in [6.07, 6.45) is 4.40. The topological polar surface area (TPSA) is 59.4 Å². The third-order valence-corrected chi connectivity index (χ3v) is 5.62. The fourth-order valence-corrected chi connectivity index (χ4v) is 4.41. The molecule has 25 heavy (non-hydrogen) atoms. The van der Waals surface area contributed by atoms with Crippen LogP contribution in [0.1, 0.15) is 25.7 Å². The average molecular weight is 358 g/mol. The molecular weight excluding hydrogens is 343 g/mol. The molecule has 2 heterocycles. The Kier molecular flexibility index (Phi) is 3.68. The van der Waals surface area contributed by atoms with E-state index in [9.17, 15) is 18.8 Å². The van der Waals surface area contributed by atoms with E-state index in [-0.39, 0.29) is 17.1 Å². The first-order valence-electron chi connectivity index (χ1n) is 8.07. The molecule has 0 saturated heterocycles. The molecule has 0 saturated carbocycles. The van der Waals surface area contributed by atoms with Gasteiger partial charge < -0.3 is 0 Å². The molecule has 4 rings (SSSR count). The second-order valence-electron chi connectivity index (χ2n) is 6.15. The Bertz CT molecular complexity index is 1000. The molecule has 1 aromatic carbocycles. The van der Waals surface area contributed by atoms with Crippen LogP contribution >= 0.6 is 11.3 Å². The maximum atomic E-state index is 14.6. The number of thiazole rings is 1. The number of hydrogen-bond acceptors (Lipinski definition) is 4. The number of amides is 2. The monoisotopic (exact) mass is 358 g/mol. The van der Waals surface area contributed by atoms with Gasteiger partial charge in [0.25, 0.3) is 11.8 Å². The fourth-order valence-electron chi connectivity index (χ4n) is 3.50. The van der Waals surface area contributed by atoms with E-state index in [4.69, 9.17) is 0 Å². The second kappa shape index (κ2) is 5.77. The molecule has 2 aromatic rings. The number of benzene rings is 1. The highest BCUT2D eigenvalue weighted by Crippen LogP contribution is 2.37. The SMILES string of the molecule is C=CCn1c(=O)sc2cc(F)c(N3C(=O)C4=C(CCCC4)C3=O)cc21. The molecule has 0 unspecified atom stereocenters. The van der Waals surface area contributed by atoms with Crippen molar-refractivity contribution in [3.63, 3.8) is 0 Å². The van der Waals surface area contributed by atoms with Crippen LogP contribution < -0.4 is 9.77 Å². The van der Waals surface area contributed by atoms with Crippen molar-refractivity contribution in [3.05, 3.63) is 51.4 Å². The van der Waals surface area contributed by atoms with Crippen molar-refractivity contribution in [3.8, 4) is 0 Å². The van der Waals surface area contributed by atoms with Gasteiger partial charge in [0.15, 0.2) is 0 Å². The van der Waals surface area contributed by atoms with Gasteiger partial charge in [-0.25, -0.2) is 9.29 Å². The fraction of sp³-hybridized carbons (Fsp3) is 0.278. The predicted molar refractivity (Wildman–Crippen MR) is 94.2 cm³/mol. The first-order chi connectivity index (χ1) is 12.0. The van der Waals surface area contributed by atoms with Gasteiger partial charge in [0, 0.05) is 17.7 Å². The van der Waals surface area contributed by atoms with Crippen molar-refractivity contribution in [2.75, 3.05) is 4.90 Å². The third kappa shape index (κ3) is 2.30. The Labute approximate surface area is 146 Å². The smallest absolute Gasteiger partial charge is 0.295 e. The van der Waals surface area contributed by atoms with Crippen molar-refractivity contribution in [1.29, 1.82) is 0 Å². The quantitative estimate of drug-likeness (QED) is 0.626. The lowest BCUT2D eigenvalue weighted by atomic mass is 9.93. The molecule has 1 aliphatic heterocycles. The number of aromatic nitrogens is 1. The van der Waals surface area contributed by atoms with Gasteiger partial charge in [-0.05, 0) is 37.8 Å². The van der Waals surface area contributed by atoms with E-state index in [1.807, 2.05) is 0 Å². The molecule has 1 aliphatic carbocycles. The van der Waals surface area contributed by atoms with E-state index in [2.05, 4.69) is 6.58 Å². The van der Waals surface area contributed by atoms with Crippen LogP contribution in [0.4, 0.5) is 10.1 Å². The molecule has 2 aliphatic rings. The minimum atomic E-state index is -0.680. The summed E-state index contributed by atoms with van der Waals surface area (Å²) in [5.41, 5.74) is 1.42. The number of fused-ring (bicyclic) bond motifs is 1. The van der Waals surface area contributed by atoms with E-state index >= 15 is 0 Å². The van der Waals surface area contributed by atoms with Gasteiger partial charge in [0.2, 0.25) is 0 Å². The van der Waals surface area contributed by atoms with Crippen LogP contribution in [0, 0.1) is 5.82 Å². The molecule has 2 amide bonds. The Morgan fingerprint density at radius 2 is 1.76 bits per heavy atom. The van der Waals surface area contributed by atoms with Crippen molar-refractivity contribution in [1.82, 2.24) is 4.57 Å². The summed E-state index contributed by atoms with van der Waals surface area (Å²) in [6, 6.07) is 2.63. The highest BCUT2D eigenvalue weighted by atomic mass is 32.1. The number of nitrogens with zero attached hydrogens (tertiary/aromatic N) is 2. The number of carbonyl (C=O) groups is 2. The predicted octanol–water partition coefficient (Wildman–Crippen LogP) is 3.13. The molecule has 7 heteroatoms. The summed E-state index contributed by atoms with van der Waals surface area (Å²) in [7, 11) is 0.